The zero-order valence-electron chi connectivity index (χ0n) is 14.1. The molecule has 27 heavy (non-hydrogen) atoms. The van der Waals surface area contributed by atoms with Crippen LogP contribution in [0.25, 0.3) is 22.6 Å². The summed E-state index contributed by atoms with van der Waals surface area (Å²) in [6, 6.07) is 10.6. The van der Waals surface area contributed by atoms with Gasteiger partial charge in [0.15, 0.2) is 11.5 Å². The average Bonchev–Trinajstić information content (AvgIpc) is 3.15. The highest BCUT2D eigenvalue weighted by molar-refractivity contribution is 6.50. The van der Waals surface area contributed by atoms with Crippen LogP contribution in [0.1, 0.15) is 18.4 Å². The van der Waals surface area contributed by atoms with E-state index < -0.39 is 4.92 Å². The van der Waals surface area contributed by atoms with Crippen LogP contribution >= 0.6 is 11.6 Å². The lowest BCUT2D eigenvalue weighted by Crippen LogP contribution is -1.92. The van der Waals surface area contributed by atoms with Crippen LogP contribution in [0.15, 0.2) is 46.9 Å². The number of aromatic hydroxyl groups is 1. The monoisotopic (exact) mass is 387 g/mol. The number of halogens is 1. The van der Waals surface area contributed by atoms with E-state index >= 15 is 0 Å². The fraction of sp³-hybridized carbons (Fsp3) is 0.111. The van der Waals surface area contributed by atoms with Crippen LogP contribution in [0.2, 0.25) is 0 Å². The van der Waals surface area contributed by atoms with Crippen molar-refractivity contribution < 1.29 is 19.2 Å². The van der Waals surface area contributed by atoms with Gasteiger partial charge in [0, 0.05) is 17.7 Å². The minimum atomic E-state index is -0.506. The fourth-order valence-electron chi connectivity index (χ4n) is 2.29. The Bertz CT molecular complexity index is 1020. The topological polar surface area (TPSA) is 112 Å². The average molecular weight is 388 g/mol. The summed E-state index contributed by atoms with van der Waals surface area (Å²) in [7, 11) is 0. The molecule has 1 aromatic heterocycles. The number of nitrogens with zero attached hydrogens (tertiary/aromatic N) is 3. The molecule has 0 unspecified atom stereocenters. The molecule has 0 saturated heterocycles. The maximum Gasteiger partial charge on any atom is 0.270 e. The van der Waals surface area contributed by atoms with Gasteiger partial charge in [0.05, 0.1) is 11.5 Å². The molecule has 0 aliphatic heterocycles. The number of ether oxygens (including phenoxy) is 1. The van der Waals surface area contributed by atoms with Gasteiger partial charge < -0.3 is 14.3 Å². The van der Waals surface area contributed by atoms with Gasteiger partial charge in [0.2, 0.25) is 5.89 Å². The molecule has 0 spiro atoms. The van der Waals surface area contributed by atoms with Crippen LogP contribution in [-0.4, -0.2) is 26.8 Å². The molecular formula is C18H14ClN3O5. The third-order valence-corrected chi connectivity index (χ3v) is 3.78. The summed E-state index contributed by atoms with van der Waals surface area (Å²) in [6.45, 7) is 2.22. The van der Waals surface area contributed by atoms with Crippen molar-refractivity contribution in [2.24, 2.45) is 0 Å². The van der Waals surface area contributed by atoms with Gasteiger partial charge in [0.1, 0.15) is 5.03 Å². The van der Waals surface area contributed by atoms with Crippen molar-refractivity contribution in [2.75, 3.05) is 6.61 Å². The highest BCUT2D eigenvalue weighted by atomic mass is 35.5. The second kappa shape index (κ2) is 7.88. The van der Waals surface area contributed by atoms with E-state index in [1.54, 1.807) is 24.3 Å². The van der Waals surface area contributed by atoms with Crippen LogP contribution in [0.4, 0.5) is 5.69 Å². The molecule has 3 aromatic rings. The minimum absolute atomic E-state index is 0.0240. The van der Waals surface area contributed by atoms with Crippen molar-refractivity contribution in [1.29, 1.82) is 0 Å². The van der Waals surface area contributed by atoms with Gasteiger partial charge in [-0.3, -0.25) is 10.1 Å². The van der Waals surface area contributed by atoms with Crippen LogP contribution in [-0.2, 0) is 0 Å². The van der Waals surface area contributed by atoms with Crippen molar-refractivity contribution in [3.63, 3.8) is 0 Å². The van der Waals surface area contributed by atoms with E-state index in [1.807, 2.05) is 6.92 Å². The summed E-state index contributed by atoms with van der Waals surface area (Å²) in [5, 5.41) is 28.5. The lowest BCUT2D eigenvalue weighted by atomic mass is 10.2. The first-order chi connectivity index (χ1) is 13.0. The van der Waals surface area contributed by atoms with Crippen LogP contribution in [0.5, 0.6) is 11.5 Å². The molecular weight excluding hydrogens is 374 g/mol. The third kappa shape index (κ3) is 4.24. The Hall–Kier alpha value is -3.39. The Morgan fingerprint density at radius 2 is 2.15 bits per heavy atom. The van der Waals surface area contributed by atoms with Gasteiger partial charge in [-0.2, -0.15) is 0 Å². The smallest absolute Gasteiger partial charge is 0.270 e. The highest BCUT2D eigenvalue weighted by Gasteiger charge is 2.14. The maximum absolute atomic E-state index is 10.9. The Morgan fingerprint density at radius 1 is 1.33 bits per heavy atom. The Kier molecular flexibility index (Phi) is 5.37. The van der Waals surface area contributed by atoms with Crippen LogP contribution < -0.4 is 4.74 Å². The minimum Gasteiger partial charge on any atom is -0.504 e. The standard InChI is InChI=1S/C18H14ClN3O5/c1-2-26-16-9-11(6-7-15(16)23)8-14(19)18-21-20-17(27-18)12-4-3-5-13(10-12)22(24)25/h3-10,23H,2H2,1H3/b14-8-. The molecule has 9 heteroatoms. The van der Waals surface area contributed by atoms with E-state index in [-0.39, 0.29) is 28.3 Å². The van der Waals surface area contributed by atoms with E-state index in [0.29, 0.717) is 23.5 Å². The Balaban J connectivity index is 1.88. The molecule has 0 saturated carbocycles. The highest BCUT2D eigenvalue weighted by Crippen LogP contribution is 2.30. The number of hydrogen-bond donors (Lipinski definition) is 1. The summed E-state index contributed by atoms with van der Waals surface area (Å²) >= 11 is 6.25. The number of aromatic nitrogens is 2. The van der Waals surface area contributed by atoms with E-state index in [9.17, 15) is 15.2 Å². The zero-order chi connectivity index (χ0) is 19.4. The van der Waals surface area contributed by atoms with Crippen molar-refractivity contribution in [3.8, 4) is 23.0 Å². The number of non-ortho nitro benzene ring substituents is 1. The largest absolute Gasteiger partial charge is 0.504 e. The van der Waals surface area contributed by atoms with E-state index in [2.05, 4.69) is 10.2 Å². The van der Waals surface area contributed by atoms with Gasteiger partial charge >= 0.3 is 0 Å². The predicted molar refractivity (Wildman–Crippen MR) is 99.4 cm³/mol. The SMILES string of the molecule is CCOc1cc(/C=C(\Cl)c2nnc(-c3cccc([N+](=O)[O-])c3)o2)ccc1O. The van der Waals surface area contributed by atoms with E-state index in [4.69, 9.17) is 20.8 Å². The molecule has 8 nitrogen and oxygen atoms in total. The van der Waals surface area contributed by atoms with Gasteiger partial charge in [-0.1, -0.05) is 23.7 Å². The van der Waals surface area contributed by atoms with Gasteiger partial charge in [0.25, 0.3) is 11.6 Å². The normalized spacial score (nSPS) is 11.4. The number of benzene rings is 2. The first-order valence-corrected chi connectivity index (χ1v) is 8.27. The fourth-order valence-corrected chi connectivity index (χ4v) is 2.49. The summed E-state index contributed by atoms with van der Waals surface area (Å²) in [6.07, 6.45) is 1.58. The number of rotatable bonds is 6. The summed E-state index contributed by atoms with van der Waals surface area (Å²) in [5.74, 6) is 0.527. The molecule has 1 N–H and O–H groups in total. The second-order valence-electron chi connectivity index (χ2n) is 5.37. The quantitative estimate of drug-likeness (QED) is 0.490. The van der Waals surface area contributed by atoms with Gasteiger partial charge in [-0.25, -0.2) is 0 Å². The molecule has 3 rings (SSSR count). The maximum atomic E-state index is 10.9. The second-order valence-corrected chi connectivity index (χ2v) is 5.78. The molecule has 0 amide bonds. The Morgan fingerprint density at radius 3 is 2.89 bits per heavy atom. The van der Waals surface area contributed by atoms with Crippen molar-refractivity contribution in [2.45, 2.75) is 6.92 Å². The molecule has 0 atom stereocenters. The molecule has 138 valence electrons. The summed E-state index contributed by atoms with van der Waals surface area (Å²) < 4.78 is 10.8. The number of nitro benzene ring substituents is 1. The van der Waals surface area contributed by atoms with Gasteiger partial charge in [-0.05, 0) is 36.8 Å². The molecule has 0 aliphatic rings. The van der Waals surface area contributed by atoms with Gasteiger partial charge in [-0.15, -0.1) is 10.2 Å². The first kappa shape index (κ1) is 18.4. The molecule has 0 radical (unpaired) electrons. The third-order valence-electron chi connectivity index (χ3n) is 3.51. The zero-order valence-corrected chi connectivity index (χ0v) is 14.9. The first-order valence-electron chi connectivity index (χ1n) is 7.89. The van der Waals surface area contributed by atoms with Crippen LogP contribution in [0.3, 0.4) is 0 Å². The predicted octanol–water partition coefficient (Wildman–Crippen LogP) is 4.49. The lowest BCUT2D eigenvalue weighted by Gasteiger charge is -2.06. The number of nitro groups is 1. The summed E-state index contributed by atoms with van der Waals surface area (Å²) in [5.41, 5.74) is 0.994. The van der Waals surface area contributed by atoms with Crippen molar-refractivity contribution in [1.82, 2.24) is 10.2 Å². The molecule has 2 aromatic carbocycles. The van der Waals surface area contributed by atoms with Crippen molar-refractivity contribution in [3.05, 3.63) is 64.0 Å². The van der Waals surface area contributed by atoms with Crippen molar-refractivity contribution >= 4 is 28.4 Å². The Labute approximate surface area is 158 Å². The molecule has 0 aliphatic carbocycles. The van der Waals surface area contributed by atoms with E-state index in [1.165, 1.54) is 24.3 Å². The summed E-state index contributed by atoms with van der Waals surface area (Å²) in [4.78, 5) is 10.4. The van der Waals surface area contributed by atoms with E-state index in [0.717, 1.165) is 0 Å². The lowest BCUT2D eigenvalue weighted by molar-refractivity contribution is -0.384. The number of hydrogen-bond acceptors (Lipinski definition) is 7. The van der Waals surface area contributed by atoms with Crippen LogP contribution in [0, 0.1) is 10.1 Å². The molecule has 0 fully saturated rings. The number of phenolic OH excluding ortho intramolecular Hbond substituents is 1. The molecule has 1 heterocycles. The molecule has 0 bridgehead atoms. The number of phenols is 1.